The number of hydrogen-bond acceptors (Lipinski definition) is 7. The number of carbonyl (C=O) groups is 2. The number of carboxylic acids is 1. The van der Waals surface area contributed by atoms with Gasteiger partial charge in [0.2, 0.25) is 0 Å². The van der Waals surface area contributed by atoms with E-state index in [1.807, 2.05) is 36.2 Å². The van der Waals surface area contributed by atoms with E-state index in [9.17, 15) is 19.5 Å². The average molecular weight is 571 g/mol. The highest BCUT2D eigenvalue weighted by Crippen LogP contribution is 2.40. The highest BCUT2D eigenvalue weighted by Gasteiger charge is 2.35. The Labute approximate surface area is 243 Å². The number of carbonyl (C=O) groups excluding carboxylic acids is 1. The highest BCUT2D eigenvalue weighted by molar-refractivity contribution is 6.07. The second-order valence-corrected chi connectivity index (χ2v) is 11.4. The second kappa shape index (κ2) is 10.9. The molecule has 0 spiro atoms. The summed E-state index contributed by atoms with van der Waals surface area (Å²) in [5.41, 5.74) is 2.08. The van der Waals surface area contributed by atoms with Gasteiger partial charge in [0.25, 0.3) is 11.5 Å². The summed E-state index contributed by atoms with van der Waals surface area (Å²) in [5, 5.41) is 14.0. The molecular formula is C32H34N4O6. The van der Waals surface area contributed by atoms with Crippen molar-refractivity contribution in [2.75, 3.05) is 30.4 Å². The smallest absolute Gasteiger partial charge is 0.339 e. The van der Waals surface area contributed by atoms with Crippen LogP contribution in [0.1, 0.15) is 48.5 Å². The highest BCUT2D eigenvalue weighted by atomic mass is 16.5. The van der Waals surface area contributed by atoms with E-state index in [1.54, 1.807) is 58.2 Å². The number of likely N-dealkylation sites (N-methyl/N-ethyl adjacent to an activating group) is 1. The van der Waals surface area contributed by atoms with Crippen molar-refractivity contribution in [2.24, 2.45) is 7.05 Å². The molecule has 3 heterocycles. The van der Waals surface area contributed by atoms with Gasteiger partial charge in [0.1, 0.15) is 17.9 Å². The molecule has 0 bridgehead atoms. The third-order valence-electron chi connectivity index (χ3n) is 7.26. The van der Waals surface area contributed by atoms with Gasteiger partial charge >= 0.3 is 5.97 Å². The number of hydrogen-bond donors (Lipinski definition) is 2. The Kier molecular flexibility index (Phi) is 7.51. The van der Waals surface area contributed by atoms with Crippen LogP contribution < -0.4 is 20.5 Å². The molecule has 10 nitrogen and oxygen atoms in total. The van der Waals surface area contributed by atoms with Crippen LogP contribution in [0, 0.1) is 6.92 Å². The number of carboxylic acid groups (broad SMARTS) is 1. The maximum absolute atomic E-state index is 13.8. The molecule has 1 aliphatic heterocycles. The molecule has 2 N–H and O–H groups in total. The lowest BCUT2D eigenvalue weighted by Gasteiger charge is -2.31. The number of benzene rings is 2. The molecule has 0 saturated heterocycles. The zero-order valence-corrected chi connectivity index (χ0v) is 24.5. The van der Waals surface area contributed by atoms with Gasteiger partial charge in [-0.05, 0) is 75.2 Å². The Balaban J connectivity index is 1.71. The van der Waals surface area contributed by atoms with Gasteiger partial charge in [0.15, 0.2) is 6.10 Å². The average Bonchev–Trinajstić information content (AvgIpc) is 2.93. The van der Waals surface area contributed by atoms with Gasteiger partial charge in [-0.15, -0.1) is 0 Å². The monoisotopic (exact) mass is 570 g/mol. The van der Waals surface area contributed by atoms with Crippen LogP contribution in [0.25, 0.3) is 22.0 Å². The molecule has 0 radical (unpaired) electrons. The summed E-state index contributed by atoms with van der Waals surface area (Å²) in [7, 11) is 3.41. The van der Waals surface area contributed by atoms with E-state index < -0.39 is 29.1 Å². The fourth-order valence-corrected chi connectivity index (χ4v) is 5.29. The lowest BCUT2D eigenvalue weighted by Crippen LogP contribution is -2.36. The van der Waals surface area contributed by atoms with Gasteiger partial charge in [-0.1, -0.05) is 12.1 Å². The first-order valence-electron chi connectivity index (χ1n) is 13.6. The van der Waals surface area contributed by atoms with E-state index in [0.717, 1.165) is 16.6 Å². The Hall–Kier alpha value is -4.70. The summed E-state index contributed by atoms with van der Waals surface area (Å²) < 4.78 is 13.0. The zero-order chi connectivity index (χ0) is 30.3. The summed E-state index contributed by atoms with van der Waals surface area (Å²) in [4.78, 5) is 46.6. The van der Waals surface area contributed by atoms with E-state index in [4.69, 9.17) is 9.47 Å². The minimum absolute atomic E-state index is 0.0928. The second-order valence-electron chi connectivity index (χ2n) is 11.4. The Morgan fingerprint density at radius 3 is 2.60 bits per heavy atom. The summed E-state index contributed by atoms with van der Waals surface area (Å²) in [6.45, 7) is 8.13. The fourth-order valence-electron chi connectivity index (χ4n) is 5.29. The van der Waals surface area contributed by atoms with Crippen LogP contribution in [0.15, 0.2) is 59.5 Å². The van der Waals surface area contributed by atoms with Crippen LogP contribution in [0.4, 0.5) is 11.4 Å². The van der Waals surface area contributed by atoms with Gasteiger partial charge in [-0.2, -0.15) is 0 Å². The number of ether oxygens (including phenoxy) is 2. The first-order chi connectivity index (χ1) is 19.9. The Bertz CT molecular complexity index is 1770. The molecular weight excluding hydrogens is 536 g/mol. The van der Waals surface area contributed by atoms with Crippen molar-refractivity contribution >= 4 is 34.2 Å². The van der Waals surface area contributed by atoms with E-state index in [1.165, 1.54) is 11.6 Å². The van der Waals surface area contributed by atoms with Crippen molar-refractivity contribution in [3.8, 4) is 16.9 Å². The van der Waals surface area contributed by atoms with Gasteiger partial charge in [0, 0.05) is 36.9 Å². The van der Waals surface area contributed by atoms with Crippen LogP contribution in [-0.4, -0.2) is 52.3 Å². The number of aromatic nitrogens is 2. The van der Waals surface area contributed by atoms with Crippen molar-refractivity contribution in [3.63, 3.8) is 0 Å². The van der Waals surface area contributed by atoms with Gasteiger partial charge < -0.3 is 29.4 Å². The van der Waals surface area contributed by atoms with Crippen molar-refractivity contribution in [1.82, 2.24) is 9.55 Å². The number of amides is 1. The van der Waals surface area contributed by atoms with Crippen molar-refractivity contribution in [3.05, 3.63) is 81.9 Å². The first-order valence-corrected chi connectivity index (χ1v) is 13.6. The van der Waals surface area contributed by atoms with Crippen LogP contribution in [-0.2, 0) is 16.6 Å². The SMILES string of the molecule is Cc1c(-c2ccc3c(c2)N(C)CCO3)c([C@H](OC(C)(C)C)C(=O)O)n(C)c(=O)c1C(=O)Nc1ccc2ncccc2c1. The molecule has 2 aromatic heterocycles. The molecule has 42 heavy (non-hydrogen) atoms. The van der Waals surface area contributed by atoms with Crippen LogP contribution in [0.5, 0.6) is 5.75 Å². The van der Waals surface area contributed by atoms with Gasteiger partial charge in [-0.25, -0.2) is 4.79 Å². The molecule has 1 atom stereocenters. The molecule has 2 aromatic carbocycles. The normalized spacial score (nSPS) is 13.8. The lowest BCUT2D eigenvalue weighted by atomic mass is 9.91. The predicted octanol–water partition coefficient (Wildman–Crippen LogP) is 4.93. The molecule has 1 amide bonds. The number of anilines is 2. The molecule has 0 unspecified atom stereocenters. The van der Waals surface area contributed by atoms with E-state index in [2.05, 4.69) is 10.3 Å². The minimum Gasteiger partial charge on any atom is -0.490 e. The molecule has 0 fully saturated rings. The Morgan fingerprint density at radius 1 is 1.12 bits per heavy atom. The third-order valence-corrected chi connectivity index (χ3v) is 7.26. The maximum atomic E-state index is 13.8. The summed E-state index contributed by atoms with van der Waals surface area (Å²) in [5.74, 6) is -1.16. The first kappa shape index (κ1) is 28.8. The van der Waals surface area contributed by atoms with Gasteiger partial charge in [-0.3, -0.25) is 14.6 Å². The molecule has 0 saturated carbocycles. The van der Waals surface area contributed by atoms with Crippen LogP contribution in [0.3, 0.4) is 0 Å². The van der Waals surface area contributed by atoms with E-state index in [0.29, 0.717) is 41.3 Å². The summed E-state index contributed by atoms with van der Waals surface area (Å²) in [6.07, 6.45) is 0.209. The zero-order valence-electron chi connectivity index (χ0n) is 24.5. The standard InChI is InChI=1S/C32H34N4O6/c1-18-25(20-9-12-24-23(17-20)35(5)14-15-41-24)27(28(31(39)40)42-32(2,3)4)36(6)30(38)26(18)29(37)34-21-10-11-22-19(16-21)8-7-13-33-22/h7-13,16-17,28H,14-15H2,1-6H3,(H,34,37)(H,39,40)/t28-/m0/s1. The van der Waals surface area contributed by atoms with Crippen LogP contribution >= 0.6 is 0 Å². The number of pyridine rings is 2. The third kappa shape index (κ3) is 5.45. The molecule has 0 aliphatic carbocycles. The topological polar surface area (TPSA) is 123 Å². The minimum atomic E-state index is -1.48. The van der Waals surface area contributed by atoms with Crippen LogP contribution in [0.2, 0.25) is 0 Å². The van der Waals surface area contributed by atoms with E-state index in [-0.39, 0.29) is 11.3 Å². The van der Waals surface area contributed by atoms with Crippen molar-refractivity contribution < 1.29 is 24.2 Å². The molecule has 1 aliphatic rings. The van der Waals surface area contributed by atoms with E-state index >= 15 is 0 Å². The number of aliphatic carboxylic acids is 1. The summed E-state index contributed by atoms with van der Waals surface area (Å²) in [6, 6.07) is 14.5. The molecule has 4 aromatic rings. The number of nitrogens with zero attached hydrogens (tertiary/aromatic N) is 3. The Morgan fingerprint density at radius 2 is 1.88 bits per heavy atom. The predicted molar refractivity (Wildman–Crippen MR) is 162 cm³/mol. The molecule has 218 valence electrons. The molecule has 10 heteroatoms. The summed E-state index contributed by atoms with van der Waals surface area (Å²) >= 11 is 0. The lowest BCUT2D eigenvalue weighted by molar-refractivity contribution is -0.161. The number of nitrogens with one attached hydrogen (secondary N) is 1. The quantitative estimate of drug-likeness (QED) is 0.335. The molecule has 5 rings (SSSR count). The largest absolute Gasteiger partial charge is 0.490 e. The van der Waals surface area contributed by atoms with Crippen molar-refractivity contribution in [1.29, 1.82) is 0 Å². The number of rotatable bonds is 6. The van der Waals surface area contributed by atoms with Crippen molar-refractivity contribution in [2.45, 2.75) is 39.4 Å². The fraction of sp³-hybridized carbons (Fsp3) is 0.312. The van der Waals surface area contributed by atoms with Gasteiger partial charge in [0.05, 0.1) is 29.0 Å². The number of fused-ring (bicyclic) bond motifs is 2. The maximum Gasteiger partial charge on any atom is 0.339 e.